The number of hydrogen-bond donors (Lipinski definition) is 2. The molecule has 2 aromatic rings. The van der Waals surface area contributed by atoms with Crippen molar-refractivity contribution in [2.75, 3.05) is 10.2 Å². The smallest absolute Gasteiger partial charge is 0.293 e. The van der Waals surface area contributed by atoms with Crippen molar-refractivity contribution in [2.24, 2.45) is 0 Å². The highest BCUT2D eigenvalue weighted by Gasteiger charge is 2.41. The minimum atomic E-state index is -0.760. The van der Waals surface area contributed by atoms with Gasteiger partial charge < -0.3 is 10.4 Å². The summed E-state index contributed by atoms with van der Waals surface area (Å²) in [5.41, 5.74) is 2.13. The molecule has 2 aromatic carbocycles. The largest absolute Gasteiger partial charge is 0.508 e. The summed E-state index contributed by atoms with van der Waals surface area (Å²) in [6.07, 6.45) is 3.04. The van der Waals surface area contributed by atoms with Gasteiger partial charge in [-0.3, -0.25) is 14.4 Å². The molecule has 1 fully saturated rings. The molecule has 0 radical (unpaired) electrons. The van der Waals surface area contributed by atoms with Gasteiger partial charge in [-0.15, -0.1) is 0 Å². The van der Waals surface area contributed by atoms with Crippen molar-refractivity contribution >= 4 is 40.2 Å². The van der Waals surface area contributed by atoms with Crippen LogP contribution in [0.4, 0.5) is 16.2 Å². The molecule has 1 unspecified atom stereocenters. The van der Waals surface area contributed by atoms with Gasteiger partial charge in [0.15, 0.2) is 0 Å². The number of phenolic OH excluding ortho intramolecular Hbond substituents is 1. The molecule has 3 amide bonds. The Balaban J connectivity index is 1.63. The van der Waals surface area contributed by atoms with Crippen LogP contribution in [0.15, 0.2) is 48.5 Å². The van der Waals surface area contributed by atoms with Crippen LogP contribution in [0.1, 0.15) is 31.7 Å². The molecule has 1 aliphatic rings. The molecule has 0 aliphatic carbocycles. The molecule has 7 heteroatoms. The lowest BCUT2D eigenvalue weighted by molar-refractivity contribution is -0.121. The van der Waals surface area contributed by atoms with E-state index >= 15 is 0 Å². The lowest BCUT2D eigenvalue weighted by atomic mass is 10.1. The van der Waals surface area contributed by atoms with Crippen molar-refractivity contribution in [3.05, 3.63) is 54.1 Å². The maximum atomic E-state index is 12.7. The number of amides is 3. The topological polar surface area (TPSA) is 86.7 Å². The number of hydrogen-bond acceptors (Lipinski definition) is 5. The summed E-state index contributed by atoms with van der Waals surface area (Å²) >= 11 is 0.864. The lowest BCUT2D eigenvalue weighted by Gasteiger charge is -2.14. The molecule has 1 atom stereocenters. The van der Waals surface area contributed by atoms with Crippen LogP contribution in [-0.4, -0.2) is 27.4 Å². The van der Waals surface area contributed by atoms with Gasteiger partial charge in [0.05, 0.1) is 5.69 Å². The second-order valence-electron chi connectivity index (χ2n) is 6.62. The fourth-order valence-corrected chi connectivity index (χ4v) is 3.96. The number of aromatic hydroxyl groups is 1. The molecule has 2 N–H and O–H groups in total. The van der Waals surface area contributed by atoms with E-state index in [-0.39, 0.29) is 29.2 Å². The first-order valence-corrected chi connectivity index (χ1v) is 10.1. The zero-order valence-corrected chi connectivity index (χ0v) is 16.4. The van der Waals surface area contributed by atoms with Gasteiger partial charge >= 0.3 is 0 Å². The summed E-state index contributed by atoms with van der Waals surface area (Å²) in [7, 11) is 0. The maximum Gasteiger partial charge on any atom is 0.293 e. The number of carbonyl (C=O) groups is 3. The third kappa shape index (κ3) is 4.72. The van der Waals surface area contributed by atoms with E-state index < -0.39 is 5.25 Å². The van der Waals surface area contributed by atoms with Gasteiger partial charge in [0.25, 0.3) is 5.24 Å². The van der Waals surface area contributed by atoms with Gasteiger partial charge in [-0.05, 0) is 54.4 Å². The third-order valence-corrected chi connectivity index (χ3v) is 5.47. The van der Waals surface area contributed by atoms with E-state index in [9.17, 15) is 19.5 Å². The molecule has 1 aliphatic heterocycles. The molecule has 0 aromatic heterocycles. The molecule has 146 valence electrons. The first kappa shape index (κ1) is 19.9. The van der Waals surface area contributed by atoms with Crippen molar-refractivity contribution in [1.29, 1.82) is 0 Å². The van der Waals surface area contributed by atoms with Crippen LogP contribution in [0.3, 0.4) is 0 Å². The van der Waals surface area contributed by atoms with E-state index in [1.165, 1.54) is 17.7 Å². The Bertz CT molecular complexity index is 882. The number of anilines is 2. The molecule has 1 saturated heterocycles. The number of carbonyl (C=O) groups excluding carboxylic acids is 3. The Hall–Kier alpha value is -2.80. The zero-order valence-electron chi connectivity index (χ0n) is 15.6. The lowest BCUT2D eigenvalue weighted by Crippen LogP contribution is -2.32. The minimum absolute atomic E-state index is 0.0351. The SMILES string of the molecule is CCCCc1ccc(N2C(=O)SC(CC(=O)Nc3cccc(O)c3)C2=O)cc1. The highest BCUT2D eigenvalue weighted by atomic mass is 32.2. The van der Waals surface area contributed by atoms with E-state index in [4.69, 9.17) is 0 Å². The van der Waals surface area contributed by atoms with Crippen LogP contribution in [0.25, 0.3) is 0 Å². The van der Waals surface area contributed by atoms with E-state index in [2.05, 4.69) is 12.2 Å². The number of thioether (sulfide) groups is 1. The van der Waals surface area contributed by atoms with Crippen molar-refractivity contribution in [1.82, 2.24) is 0 Å². The Kier molecular flexibility index (Phi) is 6.36. The van der Waals surface area contributed by atoms with Gasteiger partial charge in [0.1, 0.15) is 11.0 Å². The van der Waals surface area contributed by atoms with Crippen molar-refractivity contribution in [2.45, 2.75) is 37.9 Å². The average Bonchev–Trinajstić information content (AvgIpc) is 2.93. The first-order valence-electron chi connectivity index (χ1n) is 9.20. The summed E-state index contributed by atoms with van der Waals surface area (Å²) in [5.74, 6) is -0.740. The number of imide groups is 1. The van der Waals surface area contributed by atoms with Gasteiger partial charge in [0, 0.05) is 18.2 Å². The fraction of sp³-hybridized carbons (Fsp3) is 0.286. The number of benzene rings is 2. The number of unbranched alkanes of at least 4 members (excludes halogenated alkanes) is 1. The molecule has 28 heavy (non-hydrogen) atoms. The number of phenols is 1. The van der Waals surface area contributed by atoms with Crippen molar-refractivity contribution in [3.63, 3.8) is 0 Å². The summed E-state index contributed by atoms with van der Waals surface area (Å²) < 4.78 is 0. The average molecular weight is 398 g/mol. The predicted molar refractivity (Wildman–Crippen MR) is 111 cm³/mol. The van der Waals surface area contributed by atoms with E-state index in [0.29, 0.717) is 11.4 Å². The van der Waals surface area contributed by atoms with Gasteiger partial charge in [0.2, 0.25) is 11.8 Å². The highest BCUT2D eigenvalue weighted by molar-refractivity contribution is 8.15. The second kappa shape index (κ2) is 8.93. The fourth-order valence-electron chi connectivity index (χ4n) is 2.98. The van der Waals surface area contributed by atoms with Gasteiger partial charge in [-0.1, -0.05) is 31.5 Å². The Morgan fingerprint density at radius 2 is 1.93 bits per heavy atom. The summed E-state index contributed by atoms with van der Waals surface area (Å²) in [5, 5.41) is 11.0. The number of rotatable bonds is 7. The van der Waals surface area contributed by atoms with E-state index in [1.54, 1.807) is 24.3 Å². The van der Waals surface area contributed by atoms with Crippen LogP contribution in [0, 0.1) is 0 Å². The number of nitrogens with zero attached hydrogens (tertiary/aromatic N) is 1. The number of nitrogens with one attached hydrogen (secondary N) is 1. The minimum Gasteiger partial charge on any atom is -0.508 e. The quantitative estimate of drug-likeness (QED) is 0.725. The maximum absolute atomic E-state index is 12.7. The molecule has 0 saturated carbocycles. The van der Waals surface area contributed by atoms with Crippen LogP contribution in [0.2, 0.25) is 0 Å². The van der Waals surface area contributed by atoms with Crippen LogP contribution < -0.4 is 10.2 Å². The zero-order chi connectivity index (χ0) is 20.1. The normalized spacial score (nSPS) is 16.5. The second-order valence-corrected chi connectivity index (χ2v) is 7.77. The standard InChI is InChI=1S/C21H22N2O4S/c1-2-3-5-14-8-10-16(11-9-14)23-20(26)18(28-21(23)27)13-19(25)22-15-6-4-7-17(24)12-15/h4,6-12,18,24H,2-3,5,13H2,1H3,(H,22,25). The molecule has 1 heterocycles. The molecule has 3 rings (SSSR count). The molecule has 0 spiro atoms. The molecule has 6 nitrogen and oxygen atoms in total. The summed E-state index contributed by atoms with van der Waals surface area (Å²) in [6.45, 7) is 2.13. The Morgan fingerprint density at radius 3 is 2.61 bits per heavy atom. The predicted octanol–water partition coefficient (Wildman–Crippen LogP) is 4.33. The van der Waals surface area contributed by atoms with Crippen molar-refractivity contribution < 1.29 is 19.5 Å². The van der Waals surface area contributed by atoms with Crippen LogP contribution >= 0.6 is 11.8 Å². The van der Waals surface area contributed by atoms with Gasteiger partial charge in [-0.25, -0.2) is 4.90 Å². The summed E-state index contributed by atoms with van der Waals surface area (Å²) in [6, 6.07) is 13.6. The number of aryl methyl sites for hydroxylation is 1. The van der Waals surface area contributed by atoms with E-state index in [1.807, 2.05) is 12.1 Å². The molecular weight excluding hydrogens is 376 g/mol. The highest BCUT2D eigenvalue weighted by Crippen LogP contribution is 2.33. The van der Waals surface area contributed by atoms with Crippen LogP contribution in [-0.2, 0) is 16.0 Å². The van der Waals surface area contributed by atoms with E-state index in [0.717, 1.165) is 35.9 Å². The third-order valence-electron chi connectivity index (χ3n) is 4.44. The van der Waals surface area contributed by atoms with Gasteiger partial charge in [-0.2, -0.15) is 0 Å². The first-order chi connectivity index (χ1) is 13.5. The van der Waals surface area contributed by atoms with Crippen molar-refractivity contribution in [3.8, 4) is 5.75 Å². The summed E-state index contributed by atoms with van der Waals surface area (Å²) in [4.78, 5) is 38.4. The van der Waals surface area contributed by atoms with Crippen LogP contribution in [0.5, 0.6) is 5.75 Å². The molecule has 0 bridgehead atoms. The Labute approximate surface area is 167 Å². The monoisotopic (exact) mass is 398 g/mol. The molecular formula is C21H22N2O4S. The Morgan fingerprint density at radius 1 is 1.18 bits per heavy atom.